The van der Waals surface area contributed by atoms with Crippen LogP contribution in [0.25, 0.3) is 11.4 Å². The van der Waals surface area contributed by atoms with Gasteiger partial charge in [-0.15, -0.1) is 10.2 Å². The normalized spacial score (nSPS) is 15.9. The van der Waals surface area contributed by atoms with Gasteiger partial charge in [-0.3, -0.25) is 4.57 Å². The summed E-state index contributed by atoms with van der Waals surface area (Å²) in [5.41, 5.74) is 0.869. The molecule has 1 fully saturated rings. The molecule has 0 atom stereocenters. The summed E-state index contributed by atoms with van der Waals surface area (Å²) < 4.78 is 24.9. The van der Waals surface area contributed by atoms with E-state index in [-0.39, 0.29) is 5.75 Å². The Morgan fingerprint density at radius 3 is 2.62 bits per heavy atom. The summed E-state index contributed by atoms with van der Waals surface area (Å²) >= 11 is 7.79. The van der Waals surface area contributed by atoms with Gasteiger partial charge in [0.1, 0.15) is 9.84 Å². The summed E-state index contributed by atoms with van der Waals surface area (Å²) in [7, 11) is -2.98. The van der Waals surface area contributed by atoms with Crippen molar-refractivity contribution in [3.8, 4) is 11.4 Å². The summed E-state index contributed by atoms with van der Waals surface area (Å²) in [5, 5.41) is 10.1. The van der Waals surface area contributed by atoms with Crippen LogP contribution in [-0.2, 0) is 9.84 Å². The maximum absolute atomic E-state index is 11.4. The van der Waals surface area contributed by atoms with E-state index >= 15 is 0 Å². The molecule has 2 aromatic rings. The molecule has 0 spiro atoms. The first-order valence-corrected chi connectivity index (χ1v) is 11.4. The lowest BCUT2D eigenvalue weighted by Gasteiger charge is -2.17. The van der Waals surface area contributed by atoms with Crippen LogP contribution in [0.3, 0.4) is 0 Å². The molecule has 24 heavy (non-hydrogen) atoms. The topological polar surface area (TPSA) is 64.8 Å². The van der Waals surface area contributed by atoms with Gasteiger partial charge in [0, 0.05) is 23.6 Å². The molecule has 1 saturated carbocycles. The van der Waals surface area contributed by atoms with E-state index in [4.69, 9.17) is 11.6 Å². The first-order valence-electron chi connectivity index (χ1n) is 7.96. The first-order chi connectivity index (χ1) is 11.5. The Morgan fingerprint density at radius 1 is 1.25 bits per heavy atom. The summed E-state index contributed by atoms with van der Waals surface area (Å²) in [5.74, 6) is 1.39. The fourth-order valence-electron chi connectivity index (χ4n) is 2.98. The minimum Gasteiger partial charge on any atom is -0.299 e. The van der Waals surface area contributed by atoms with E-state index in [1.165, 1.54) is 30.9 Å². The molecule has 0 saturated heterocycles. The predicted octanol–water partition coefficient (Wildman–Crippen LogP) is 3.85. The van der Waals surface area contributed by atoms with E-state index in [0.29, 0.717) is 16.8 Å². The third kappa shape index (κ3) is 4.13. The average molecular weight is 386 g/mol. The van der Waals surface area contributed by atoms with Crippen LogP contribution >= 0.6 is 23.4 Å². The lowest BCUT2D eigenvalue weighted by molar-refractivity contribution is 0.485. The second-order valence-corrected chi connectivity index (χ2v) is 9.80. The number of aromatic nitrogens is 3. The Hall–Kier alpha value is -1.05. The molecule has 0 N–H and O–H groups in total. The van der Waals surface area contributed by atoms with Crippen molar-refractivity contribution in [1.29, 1.82) is 0 Å². The maximum atomic E-state index is 11.4. The van der Waals surface area contributed by atoms with Gasteiger partial charge in [0.15, 0.2) is 11.0 Å². The molecule has 1 aromatic carbocycles. The number of halogens is 1. The van der Waals surface area contributed by atoms with Crippen LogP contribution in [0.15, 0.2) is 29.4 Å². The maximum Gasteiger partial charge on any atom is 0.191 e. The lowest BCUT2D eigenvalue weighted by Crippen LogP contribution is -2.10. The molecular formula is C16H20ClN3O2S2. The summed E-state index contributed by atoms with van der Waals surface area (Å²) in [6.45, 7) is 0. The van der Waals surface area contributed by atoms with Crippen molar-refractivity contribution in [3.63, 3.8) is 0 Å². The quantitative estimate of drug-likeness (QED) is 0.706. The Kier molecular flexibility index (Phi) is 5.52. The van der Waals surface area contributed by atoms with Crippen molar-refractivity contribution in [2.45, 2.75) is 36.9 Å². The molecule has 1 heterocycles. The summed E-state index contributed by atoms with van der Waals surface area (Å²) in [6.07, 6.45) is 5.82. The van der Waals surface area contributed by atoms with Crippen LogP contribution in [0.5, 0.6) is 0 Å². The largest absolute Gasteiger partial charge is 0.299 e. The van der Waals surface area contributed by atoms with Crippen molar-refractivity contribution in [2.75, 3.05) is 17.8 Å². The number of benzene rings is 1. The molecule has 130 valence electrons. The van der Waals surface area contributed by atoms with Gasteiger partial charge in [-0.1, -0.05) is 48.3 Å². The van der Waals surface area contributed by atoms with E-state index < -0.39 is 9.84 Å². The van der Waals surface area contributed by atoms with E-state index in [1.54, 1.807) is 0 Å². The number of thioether (sulfide) groups is 1. The highest BCUT2D eigenvalue weighted by atomic mass is 35.5. The fraction of sp³-hybridized carbons (Fsp3) is 0.500. The molecule has 0 aliphatic heterocycles. The van der Waals surface area contributed by atoms with E-state index in [0.717, 1.165) is 29.4 Å². The molecule has 1 aromatic heterocycles. The van der Waals surface area contributed by atoms with E-state index in [9.17, 15) is 8.42 Å². The Labute approximate surface area is 151 Å². The Morgan fingerprint density at radius 2 is 1.96 bits per heavy atom. The fourth-order valence-corrected chi connectivity index (χ4v) is 5.40. The number of nitrogens with zero attached hydrogens (tertiary/aromatic N) is 3. The molecule has 1 aliphatic carbocycles. The first kappa shape index (κ1) is 17.8. The predicted molar refractivity (Wildman–Crippen MR) is 98.4 cm³/mol. The third-order valence-electron chi connectivity index (χ3n) is 4.15. The van der Waals surface area contributed by atoms with Crippen LogP contribution < -0.4 is 0 Å². The van der Waals surface area contributed by atoms with Crippen LogP contribution in [-0.4, -0.2) is 40.9 Å². The second-order valence-electron chi connectivity index (χ2n) is 6.07. The SMILES string of the molecule is CS(=O)(=O)CCSc1nnc(-c2ccccc2Cl)n1C1CCCC1. The van der Waals surface area contributed by atoms with Gasteiger partial charge in [-0.2, -0.15) is 0 Å². The van der Waals surface area contributed by atoms with Crippen LogP contribution in [0.4, 0.5) is 0 Å². The van der Waals surface area contributed by atoms with Gasteiger partial charge in [0.05, 0.1) is 10.8 Å². The summed E-state index contributed by atoms with van der Waals surface area (Å²) in [6, 6.07) is 7.98. The highest BCUT2D eigenvalue weighted by Gasteiger charge is 2.25. The smallest absolute Gasteiger partial charge is 0.191 e. The van der Waals surface area contributed by atoms with Gasteiger partial charge in [0.25, 0.3) is 0 Å². The zero-order chi connectivity index (χ0) is 17.2. The van der Waals surface area contributed by atoms with Gasteiger partial charge >= 0.3 is 0 Å². The van der Waals surface area contributed by atoms with Crippen molar-refractivity contribution in [3.05, 3.63) is 29.3 Å². The molecular weight excluding hydrogens is 366 g/mol. The standard InChI is InChI=1S/C16H20ClN3O2S2/c1-24(21,22)11-10-23-16-19-18-15(13-8-4-5-9-14(13)17)20(16)12-6-2-3-7-12/h4-5,8-9,12H,2-3,6-7,10-11H2,1H3. The molecule has 0 unspecified atom stereocenters. The lowest BCUT2D eigenvalue weighted by atomic mass is 10.2. The minimum absolute atomic E-state index is 0.136. The number of hydrogen-bond acceptors (Lipinski definition) is 5. The molecule has 3 rings (SSSR count). The zero-order valence-corrected chi connectivity index (χ0v) is 15.9. The average Bonchev–Trinajstić information content (AvgIpc) is 3.15. The minimum atomic E-state index is -2.98. The van der Waals surface area contributed by atoms with E-state index in [2.05, 4.69) is 14.8 Å². The number of hydrogen-bond donors (Lipinski definition) is 0. The third-order valence-corrected chi connectivity index (χ3v) is 6.63. The van der Waals surface area contributed by atoms with Crippen molar-refractivity contribution < 1.29 is 8.42 Å². The van der Waals surface area contributed by atoms with Gasteiger partial charge in [-0.05, 0) is 25.0 Å². The van der Waals surface area contributed by atoms with Gasteiger partial charge in [0.2, 0.25) is 0 Å². The zero-order valence-electron chi connectivity index (χ0n) is 13.5. The van der Waals surface area contributed by atoms with Crippen molar-refractivity contribution in [1.82, 2.24) is 14.8 Å². The van der Waals surface area contributed by atoms with Crippen LogP contribution in [0.1, 0.15) is 31.7 Å². The Balaban J connectivity index is 1.93. The monoisotopic (exact) mass is 385 g/mol. The number of rotatable bonds is 6. The second kappa shape index (κ2) is 7.45. The van der Waals surface area contributed by atoms with Crippen molar-refractivity contribution in [2.24, 2.45) is 0 Å². The molecule has 0 radical (unpaired) electrons. The highest BCUT2D eigenvalue weighted by molar-refractivity contribution is 8.00. The van der Waals surface area contributed by atoms with Gasteiger partial charge < -0.3 is 0 Å². The Bertz CT molecular complexity index is 814. The van der Waals surface area contributed by atoms with Gasteiger partial charge in [-0.25, -0.2) is 8.42 Å². The highest BCUT2D eigenvalue weighted by Crippen LogP contribution is 2.38. The summed E-state index contributed by atoms with van der Waals surface area (Å²) in [4.78, 5) is 0. The molecule has 8 heteroatoms. The number of sulfone groups is 1. The van der Waals surface area contributed by atoms with Crippen molar-refractivity contribution >= 4 is 33.2 Å². The molecule has 0 bridgehead atoms. The van der Waals surface area contributed by atoms with Crippen LogP contribution in [0.2, 0.25) is 5.02 Å². The molecule has 0 amide bonds. The van der Waals surface area contributed by atoms with Crippen LogP contribution in [0, 0.1) is 0 Å². The molecule has 5 nitrogen and oxygen atoms in total. The van der Waals surface area contributed by atoms with E-state index in [1.807, 2.05) is 24.3 Å². The molecule has 1 aliphatic rings.